The van der Waals surface area contributed by atoms with Crippen LogP contribution in [0.15, 0.2) is 36.5 Å². The van der Waals surface area contributed by atoms with Crippen molar-refractivity contribution in [2.45, 2.75) is 6.04 Å². The molecule has 29 heavy (non-hydrogen) atoms. The molecule has 0 aliphatic carbocycles. The van der Waals surface area contributed by atoms with Crippen LogP contribution in [0.1, 0.15) is 22.1 Å². The molecule has 8 nitrogen and oxygen atoms in total. The fourth-order valence-corrected chi connectivity index (χ4v) is 4.68. The predicted molar refractivity (Wildman–Crippen MR) is 105 cm³/mol. The summed E-state index contributed by atoms with van der Waals surface area (Å²) in [4.78, 5) is 29.1. The predicted octanol–water partition coefficient (Wildman–Crippen LogP) is 1.35. The third kappa shape index (κ3) is 3.60. The highest BCUT2D eigenvalue weighted by molar-refractivity contribution is 5.93. The number of aryl methyl sites for hydroxylation is 1. The molecule has 3 atom stereocenters. The van der Waals surface area contributed by atoms with E-state index in [1.54, 1.807) is 31.1 Å². The SMILES string of the molecule is COC(=O)CN1C[C@H]2CN(C(=O)c3ccnn3C)[C@@H](c3ccc(OC)cc3)[C@H]2C1. The fourth-order valence-electron chi connectivity index (χ4n) is 4.68. The Morgan fingerprint density at radius 2 is 1.86 bits per heavy atom. The molecular formula is C21H26N4O4. The largest absolute Gasteiger partial charge is 0.497 e. The number of fused-ring (bicyclic) bond motifs is 1. The van der Waals surface area contributed by atoms with Crippen molar-refractivity contribution in [1.29, 1.82) is 0 Å². The second-order valence-corrected chi connectivity index (χ2v) is 7.71. The number of nitrogens with zero attached hydrogens (tertiary/aromatic N) is 4. The summed E-state index contributed by atoms with van der Waals surface area (Å²) >= 11 is 0. The Hall–Kier alpha value is -2.87. The van der Waals surface area contributed by atoms with Crippen molar-refractivity contribution in [2.24, 2.45) is 18.9 Å². The Balaban J connectivity index is 1.63. The molecule has 8 heteroatoms. The molecule has 2 saturated heterocycles. The lowest BCUT2D eigenvalue weighted by Crippen LogP contribution is -2.37. The van der Waals surface area contributed by atoms with Crippen LogP contribution in [0.5, 0.6) is 5.75 Å². The first kappa shape index (κ1) is 19.4. The molecule has 1 aromatic carbocycles. The number of methoxy groups -OCH3 is 2. The van der Waals surface area contributed by atoms with Crippen molar-refractivity contribution in [3.63, 3.8) is 0 Å². The number of carbonyl (C=O) groups excluding carboxylic acids is 2. The van der Waals surface area contributed by atoms with Gasteiger partial charge in [0.15, 0.2) is 0 Å². The standard InChI is InChI=1S/C21H26N4O4/c1-23-18(8-9-22-23)21(27)25-11-15-10-24(13-19(26)29-3)12-17(15)20(25)14-4-6-16(28-2)7-5-14/h4-9,15,17,20H,10-13H2,1-3H3/t15-,17-,20-/m0/s1. The van der Waals surface area contributed by atoms with Crippen LogP contribution < -0.4 is 4.74 Å². The zero-order valence-corrected chi connectivity index (χ0v) is 16.9. The normalized spacial score (nSPS) is 23.8. The van der Waals surface area contributed by atoms with Gasteiger partial charge in [-0.3, -0.25) is 19.2 Å². The van der Waals surface area contributed by atoms with Crippen LogP contribution in [0.2, 0.25) is 0 Å². The minimum atomic E-state index is -0.228. The fraction of sp³-hybridized carbons (Fsp3) is 0.476. The van der Waals surface area contributed by atoms with E-state index in [9.17, 15) is 9.59 Å². The maximum atomic E-state index is 13.3. The van der Waals surface area contributed by atoms with Crippen molar-refractivity contribution in [3.8, 4) is 5.75 Å². The van der Waals surface area contributed by atoms with Crippen LogP contribution in [0.3, 0.4) is 0 Å². The van der Waals surface area contributed by atoms with E-state index in [4.69, 9.17) is 9.47 Å². The van der Waals surface area contributed by atoms with Crippen molar-refractivity contribution in [2.75, 3.05) is 40.4 Å². The molecule has 0 spiro atoms. The van der Waals surface area contributed by atoms with E-state index in [0.29, 0.717) is 18.2 Å². The first-order valence-electron chi connectivity index (χ1n) is 9.74. The molecular weight excluding hydrogens is 372 g/mol. The van der Waals surface area contributed by atoms with Gasteiger partial charge in [-0.1, -0.05) is 12.1 Å². The number of hydrogen-bond acceptors (Lipinski definition) is 6. The number of benzene rings is 1. The van der Waals surface area contributed by atoms with Gasteiger partial charge in [0.2, 0.25) is 0 Å². The molecule has 2 fully saturated rings. The summed E-state index contributed by atoms with van der Waals surface area (Å²) in [5, 5.41) is 4.15. The molecule has 0 saturated carbocycles. The zero-order valence-electron chi connectivity index (χ0n) is 16.9. The number of amides is 1. The van der Waals surface area contributed by atoms with Crippen LogP contribution in [-0.4, -0.2) is 71.9 Å². The average molecular weight is 398 g/mol. The molecule has 0 bridgehead atoms. The second kappa shape index (κ2) is 7.87. The first-order chi connectivity index (χ1) is 14.0. The average Bonchev–Trinajstić information content (AvgIpc) is 3.41. The van der Waals surface area contributed by atoms with Crippen LogP contribution in [0.25, 0.3) is 0 Å². The highest BCUT2D eigenvalue weighted by Gasteiger charge is 2.49. The van der Waals surface area contributed by atoms with Gasteiger partial charge in [-0.25, -0.2) is 0 Å². The molecule has 1 amide bonds. The molecule has 0 unspecified atom stereocenters. The maximum Gasteiger partial charge on any atom is 0.319 e. The van der Waals surface area contributed by atoms with Crippen molar-refractivity contribution in [3.05, 3.63) is 47.8 Å². The van der Waals surface area contributed by atoms with Crippen molar-refractivity contribution in [1.82, 2.24) is 19.6 Å². The lowest BCUT2D eigenvalue weighted by molar-refractivity contribution is -0.141. The molecule has 0 N–H and O–H groups in total. The molecule has 4 rings (SSSR count). The number of likely N-dealkylation sites (tertiary alicyclic amines) is 2. The molecule has 154 valence electrons. The van der Waals surface area contributed by atoms with Gasteiger partial charge in [0.05, 0.1) is 26.8 Å². The summed E-state index contributed by atoms with van der Waals surface area (Å²) in [6.45, 7) is 2.48. The lowest BCUT2D eigenvalue weighted by Gasteiger charge is -2.30. The van der Waals surface area contributed by atoms with Crippen molar-refractivity contribution >= 4 is 11.9 Å². The van der Waals surface area contributed by atoms with Gasteiger partial charge in [0.1, 0.15) is 11.4 Å². The highest BCUT2D eigenvalue weighted by Crippen LogP contribution is 2.45. The lowest BCUT2D eigenvalue weighted by atomic mass is 9.89. The van der Waals surface area contributed by atoms with Crippen LogP contribution in [0, 0.1) is 11.8 Å². The quantitative estimate of drug-likeness (QED) is 0.708. The van der Waals surface area contributed by atoms with E-state index in [2.05, 4.69) is 10.00 Å². The Kier molecular flexibility index (Phi) is 5.27. The van der Waals surface area contributed by atoms with Gasteiger partial charge >= 0.3 is 5.97 Å². The van der Waals surface area contributed by atoms with Gasteiger partial charge in [0, 0.05) is 38.8 Å². The number of ether oxygens (including phenoxy) is 2. The Morgan fingerprint density at radius 3 is 2.48 bits per heavy atom. The molecule has 0 radical (unpaired) electrons. The van der Waals surface area contributed by atoms with Gasteiger partial charge < -0.3 is 14.4 Å². The summed E-state index contributed by atoms with van der Waals surface area (Å²) in [6.07, 6.45) is 1.64. The third-order valence-electron chi connectivity index (χ3n) is 6.08. The Morgan fingerprint density at radius 1 is 1.10 bits per heavy atom. The Labute approximate surface area is 170 Å². The molecule has 2 aliphatic rings. The minimum Gasteiger partial charge on any atom is -0.497 e. The number of carbonyl (C=O) groups is 2. The summed E-state index contributed by atoms with van der Waals surface area (Å²) in [5.41, 5.74) is 1.66. The molecule has 2 aliphatic heterocycles. The summed E-state index contributed by atoms with van der Waals surface area (Å²) < 4.78 is 11.7. The topological polar surface area (TPSA) is 76.9 Å². The van der Waals surface area contributed by atoms with E-state index >= 15 is 0 Å². The number of hydrogen-bond donors (Lipinski definition) is 0. The van der Waals surface area contributed by atoms with E-state index < -0.39 is 0 Å². The summed E-state index contributed by atoms with van der Waals surface area (Å²) in [6, 6.07) is 9.60. The monoisotopic (exact) mass is 398 g/mol. The van der Waals surface area contributed by atoms with Crippen LogP contribution in [-0.2, 0) is 16.6 Å². The van der Waals surface area contributed by atoms with Gasteiger partial charge in [0.25, 0.3) is 5.91 Å². The van der Waals surface area contributed by atoms with E-state index in [1.165, 1.54) is 7.11 Å². The van der Waals surface area contributed by atoms with E-state index in [0.717, 1.165) is 24.4 Å². The maximum absolute atomic E-state index is 13.3. The van der Waals surface area contributed by atoms with E-state index in [-0.39, 0.29) is 30.4 Å². The van der Waals surface area contributed by atoms with Gasteiger partial charge in [-0.2, -0.15) is 5.10 Å². The second-order valence-electron chi connectivity index (χ2n) is 7.71. The first-order valence-corrected chi connectivity index (χ1v) is 9.74. The van der Waals surface area contributed by atoms with Crippen LogP contribution >= 0.6 is 0 Å². The van der Waals surface area contributed by atoms with Gasteiger partial charge in [-0.05, 0) is 29.7 Å². The van der Waals surface area contributed by atoms with Gasteiger partial charge in [-0.15, -0.1) is 0 Å². The molecule has 1 aromatic heterocycles. The molecule has 3 heterocycles. The zero-order chi connectivity index (χ0) is 20.5. The highest BCUT2D eigenvalue weighted by atomic mass is 16.5. The van der Waals surface area contributed by atoms with E-state index in [1.807, 2.05) is 29.2 Å². The number of rotatable bonds is 5. The van der Waals surface area contributed by atoms with Crippen LogP contribution in [0.4, 0.5) is 0 Å². The number of aromatic nitrogens is 2. The number of esters is 1. The third-order valence-corrected chi connectivity index (χ3v) is 6.08. The summed E-state index contributed by atoms with van der Waals surface area (Å²) in [7, 11) is 4.83. The summed E-state index contributed by atoms with van der Waals surface area (Å²) in [5.74, 6) is 1.11. The Bertz CT molecular complexity index is 894. The minimum absolute atomic E-state index is 0.0141. The molecule has 2 aromatic rings. The van der Waals surface area contributed by atoms with Crippen molar-refractivity contribution < 1.29 is 19.1 Å². The smallest absolute Gasteiger partial charge is 0.319 e.